The quantitative estimate of drug-likeness (QED) is 0.851. The van der Waals surface area contributed by atoms with Crippen molar-refractivity contribution in [2.45, 2.75) is 45.4 Å². The molecule has 3 nitrogen and oxygen atoms in total. The topological polar surface area (TPSA) is 34.9 Å². The fourth-order valence-corrected chi connectivity index (χ4v) is 4.52. The fourth-order valence-electron chi connectivity index (χ4n) is 3.76. The van der Waals surface area contributed by atoms with Crippen LogP contribution < -0.4 is 0 Å². The first-order valence-corrected chi connectivity index (χ1v) is 8.15. The molecule has 2 aliphatic rings. The van der Waals surface area contributed by atoms with Gasteiger partial charge in [0, 0.05) is 19.4 Å². The molecule has 104 valence electrons. The SMILES string of the molecule is CCc1nn(C)c(CC(=O)C2C3CCCCC32)c1Br. The highest BCUT2D eigenvalue weighted by molar-refractivity contribution is 9.10. The minimum absolute atomic E-state index is 0.356. The van der Waals surface area contributed by atoms with Crippen LogP contribution in [-0.4, -0.2) is 15.6 Å². The molecule has 0 aliphatic heterocycles. The van der Waals surface area contributed by atoms with Gasteiger partial charge in [-0.25, -0.2) is 0 Å². The van der Waals surface area contributed by atoms with Gasteiger partial charge in [-0.2, -0.15) is 5.10 Å². The number of Topliss-reactive ketones (excluding diaryl/α,β-unsaturated/α-hetero) is 1. The molecule has 0 N–H and O–H groups in total. The number of fused-ring (bicyclic) bond motifs is 1. The average Bonchev–Trinajstić information content (AvgIpc) is 3.08. The van der Waals surface area contributed by atoms with Gasteiger partial charge in [0.15, 0.2) is 0 Å². The summed E-state index contributed by atoms with van der Waals surface area (Å²) in [6.45, 7) is 2.09. The van der Waals surface area contributed by atoms with Crippen molar-refractivity contribution in [3.8, 4) is 0 Å². The van der Waals surface area contributed by atoms with Gasteiger partial charge >= 0.3 is 0 Å². The molecule has 2 fully saturated rings. The van der Waals surface area contributed by atoms with E-state index in [1.807, 2.05) is 11.7 Å². The minimum Gasteiger partial charge on any atom is -0.299 e. The maximum Gasteiger partial charge on any atom is 0.142 e. The predicted molar refractivity (Wildman–Crippen MR) is 77.9 cm³/mol. The van der Waals surface area contributed by atoms with E-state index in [-0.39, 0.29) is 0 Å². The van der Waals surface area contributed by atoms with Gasteiger partial charge in [-0.1, -0.05) is 19.8 Å². The molecule has 4 heteroatoms. The molecule has 0 saturated heterocycles. The van der Waals surface area contributed by atoms with Crippen molar-refractivity contribution in [2.24, 2.45) is 24.8 Å². The lowest BCUT2D eigenvalue weighted by Crippen LogP contribution is -2.11. The van der Waals surface area contributed by atoms with E-state index in [2.05, 4.69) is 28.0 Å². The molecule has 2 atom stereocenters. The van der Waals surface area contributed by atoms with Crippen molar-refractivity contribution in [3.05, 3.63) is 15.9 Å². The number of carbonyl (C=O) groups excluding carboxylic acids is 1. The smallest absolute Gasteiger partial charge is 0.142 e. The highest BCUT2D eigenvalue weighted by Crippen LogP contribution is 2.56. The lowest BCUT2D eigenvalue weighted by atomic mass is 10.0. The van der Waals surface area contributed by atoms with Gasteiger partial charge in [-0.3, -0.25) is 9.48 Å². The Bertz CT molecular complexity index is 496. The first-order valence-electron chi connectivity index (χ1n) is 7.36. The van der Waals surface area contributed by atoms with Crippen LogP contribution in [0.2, 0.25) is 0 Å². The molecule has 2 aliphatic carbocycles. The van der Waals surface area contributed by atoms with E-state index in [9.17, 15) is 4.79 Å². The van der Waals surface area contributed by atoms with E-state index in [0.29, 0.717) is 30.0 Å². The molecule has 1 aromatic heterocycles. The summed E-state index contributed by atoms with van der Waals surface area (Å²) in [4.78, 5) is 12.5. The van der Waals surface area contributed by atoms with Gasteiger partial charge in [0.2, 0.25) is 0 Å². The molecule has 0 spiro atoms. The molecule has 1 aromatic rings. The third-order valence-electron chi connectivity index (χ3n) is 4.87. The lowest BCUT2D eigenvalue weighted by molar-refractivity contribution is -0.120. The lowest BCUT2D eigenvalue weighted by Gasteiger charge is -2.04. The van der Waals surface area contributed by atoms with Crippen LogP contribution in [0.25, 0.3) is 0 Å². The second-order valence-electron chi connectivity index (χ2n) is 5.97. The van der Waals surface area contributed by atoms with E-state index < -0.39 is 0 Å². The van der Waals surface area contributed by atoms with Crippen LogP contribution in [0.3, 0.4) is 0 Å². The highest BCUT2D eigenvalue weighted by atomic mass is 79.9. The number of ketones is 1. The second-order valence-corrected chi connectivity index (χ2v) is 6.76. The normalized spacial score (nSPS) is 29.1. The van der Waals surface area contributed by atoms with Crippen LogP contribution in [0.1, 0.15) is 44.0 Å². The van der Waals surface area contributed by atoms with Gasteiger partial charge < -0.3 is 0 Å². The van der Waals surface area contributed by atoms with Crippen molar-refractivity contribution in [3.63, 3.8) is 0 Å². The van der Waals surface area contributed by atoms with Crippen LogP contribution in [0.15, 0.2) is 4.47 Å². The first kappa shape index (κ1) is 13.3. The molecule has 0 aromatic carbocycles. The Hall–Kier alpha value is -0.640. The van der Waals surface area contributed by atoms with Crippen molar-refractivity contribution < 1.29 is 4.79 Å². The fraction of sp³-hybridized carbons (Fsp3) is 0.733. The highest BCUT2D eigenvalue weighted by Gasteiger charge is 2.54. The number of aryl methyl sites for hydroxylation is 2. The maximum atomic E-state index is 12.5. The van der Waals surface area contributed by atoms with Crippen LogP contribution in [0.5, 0.6) is 0 Å². The number of hydrogen-bond donors (Lipinski definition) is 0. The van der Waals surface area contributed by atoms with Gasteiger partial charge in [-0.15, -0.1) is 0 Å². The largest absolute Gasteiger partial charge is 0.299 e. The minimum atomic E-state index is 0.356. The standard InChI is InChI=1S/C15H21BrN2O/c1-3-11-15(16)12(18(2)17-11)8-13(19)14-9-6-4-5-7-10(9)14/h9-10,14H,3-8H2,1-2H3. The van der Waals surface area contributed by atoms with Crippen LogP contribution in [0, 0.1) is 17.8 Å². The summed E-state index contributed by atoms with van der Waals surface area (Å²) < 4.78 is 2.90. The van der Waals surface area contributed by atoms with Gasteiger partial charge in [0.1, 0.15) is 5.78 Å². The Morgan fingerprint density at radius 2 is 2.00 bits per heavy atom. The monoisotopic (exact) mass is 324 g/mol. The van der Waals surface area contributed by atoms with Crippen molar-refractivity contribution in [2.75, 3.05) is 0 Å². The van der Waals surface area contributed by atoms with Gasteiger partial charge in [-0.05, 0) is 47.0 Å². The van der Waals surface area contributed by atoms with Crippen LogP contribution >= 0.6 is 15.9 Å². The summed E-state index contributed by atoms with van der Waals surface area (Å²) in [5, 5.41) is 4.47. The van der Waals surface area contributed by atoms with Crippen molar-refractivity contribution >= 4 is 21.7 Å². The Balaban J connectivity index is 1.72. The summed E-state index contributed by atoms with van der Waals surface area (Å²) in [5.41, 5.74) is 2.10. The van der Waals surface area contributed by atoms with Gasteiger partial charge in [0.05, 0.1) is 15.9 Å². The van der Waals surface area contributed by atoms with E-state index in [1.54, 1.807) is 0 Å². The molecule has 19 heavy (non-hydrogen) atoms. The zero-order valence-electron chi connectivity index (χ0n) is 11.7. The number of hydrogen-bond acceptors (Lipinski definition) is 2. The summed E-state index contributed by atoms with van der Waals surface area (Å²) >= 11 is 3.60. The molecule has 0 bridgehead atoms. The molecule has 0 amide bonds. The summed E-state index contributed by atoms with van der Waals surface area (Å²) in [6.07, 6.45) is 6.63. The van der Waals surface area contributed by atoms with E-state index in [4.69, 9.17) is 0 Å². The summed E-state index contributed by atoms with van der Waals surface area (Å²) in [5.74, 6) is 2.20. The summed E-state index contributed by atoms with van der Waals surface area (Å²) in [7, 11) is 1.94. The Labute approximate surface area is 122 Å². The molecule has 0 radical (unpaired) electrons. The number of halogens is 1. The Morgan fingerprint density at radius 3 is 2.53 bits per heavy atom. The van der Waals surface area contributed by atoms with Crippen LogP contribution in [-0.2, 0) is 24.7 Å². The van der Waals surface area contributed by atoms with Gasteiger partial charge in [0.25, 0.3) is 0 Å². The molecule has 2 unspecified atom stereocenters. The number of carbonyl (C=O) groups is 1. The third kappa shape index (κ3) is 2.28. The Morgan fingerprint density at radius 1 is 1.37 bits per heavy atom. The van der Waals surface area contributed by atoms with Crippen molar-refractivity contribution in [1.82, 2.24) is 9.78 Å². The molecular formula is C15H21BrN2O. The van der Waals surface area contributed by atoms with E-state index in [0.717, 1.165) is 22.3 Å². The molecular weight excluding hydrogens is 304 g/mol. The van der Waals surface area contributed by atoms with E-state index >= 15 is 0 Å². The molecule has 2 saturated carbocycles. The number of aromatic nitrogens is 2. The Kier molecular flexibility index (Phi) is 3.54. The molecule has 1 heterocycles. The predicted octanol–water partition coefficient (Wildman–Crippen LogP) is 3.29. The zero-order valence-corrected chi connectivity index (χ0v) is 13.2. The number of rotatable bonds is 4. The average molecular weight is 325 g/mol. The van der Waals surface area contributed by atoms with E-state index in [1.165, 1.54) is 25.7 Å². The maximum absolute atomic E-state index is 12.5. The number of nitrogens with zero attached hydrogens (tertiary/aromatic N) is 2. The van der Waals surface area contributed by atoms with Crippen LogP contribution in [0.4, 0.5) is 0 Å². The van der Waals surface area contributed by atoms with Crippen molar-refractivity contribution in [1.29, 1.82) is 0 Å². The third-order valence-corrected chi connectivity index (χ3v) is 5.79. The zero-order chi connectivity index (χ0) is 13.6. The first-order chi connectivity index (χ1) is 9.13. The summed E-state index contributed by atoms with van der Waals surface area (Å²) in [6, 6.07) is 0. The second kappa shape index (κ2) is 5.04. The molecule has 3 rings (SSSR count).